The molecule has 4 rings (SSSR count). The predicted molar refractivity (Wildman–Crippen MR) is 86.6 cm³/mol. The van der Waals surface area contributed by atoms with Crippen LogP contribution in [0.1, 0.15) is 19.3 Å². The van der Waals surface area contributed by atoms with E-state index < -0.39 is 0 Å². The first-order valence-electron chi connectivity index (χ1n) is 7.65. The molecule has 1 saturated carbocycles. The molecule has 0 aliphatic heterocycles. The van der Waals surface area contributed by atoms with Gasteiger partial charge in [-0.25, -0.2) is 9.97 Å². The van der Waals surface area contributed by atoms with Crippen molar-refractivity contribution in [1.29, 1.82) is 0 Å². The monoisotopic (exact) mass is 294 g/mol. The zero-order valence-corrected chi connectivity index (χ0v) is 12.2. The number of hydrogen-bond donors (Lipinski definition) is 3. The molecular formula is C17H18N4O. The van der Waals surface area contributed by atoms with Gasteiger partial charge in [0.25, 0.3) is 0 Å². The minimum absolute atomic E-state index is 0.199. The number of hydrogen-bond acceptors (Lipinski definition) is 4. The van der Waals surface area contributed by atoms with Crippen molar-refractivity contribution in [3.63, 3.8) is 0 Å². The Bertz CT molecular complexity index is 784. The first kappa shape index (κ1) is 13.3. The number of fused-ring (bicyclic) bond motifs is 1. The summed E-state index contributed by atoms with van der Waals surface area (Å²) >= 11 is 0. The van der Waals surface area contributed by atoms with Gasteiger partial charge in [-0.15, -0.1) is 0 Å². The normalized spacial score (nSPS) is 21.3. The summed E-state index contributed by atoms with van der Waals surface area (Å²) in [5.41, 5.74) is 1.82. The smallest absolute Gasteiger partial charge is 0.163 e. The van der Waals surface area contributed by atoms with Gasteiger partial charge in [0.1, 0.15) is 11.5 Å². The van der Waals surface area contributed by atoms with Gasteiger partial charge in [0, 0.05) is 17.8 Å². The Balaban J connectivity index is 1.74. The van der Waals surface area contributed by atoms with E-state index in [1.54, 1.807) is 0 Å². The third-order valence-corrected chi connectivity index (χ3v) is 4.19. The Kier molecular flexibility index (Phi) is 3.27. The molecule has 1 unspecified atom stereocenters. The predicted octanol–water partition coefficient (Wildman–Crippen LogP) is 2.95. The van der Waals surface area contributed by atoms with E-state index in [9.17, 15) is 5.11 Å². The maximum absolute atomic E-state index is 9.70. The fourth-order valence-electron chi connectivity index (χ4n) is 3.05. The molecule has 1 aliphatic carbocycles. The summed E-state index contributed by atoms with van der Waals surface area (Å²) in [6.45, 7) is 0. The molecule has 3 aromatic rings. The second kappa shape index (κ2) is 5.42. The SMILES string of the molecule is OC1CC[C@H](Nc2nc(-c3ccccc3)nc3[nH]ccc23)C1. The number of aliphatic hydroxyl groups excluding tert-OH is 1. The highest BCUT2D eigenvalue weighted by atomic mass is 16.3. The molecule has 2 heterocycles. The molecule has 0 radical (unpaired) electrons. The van der Waals surface area contributed by atoms with Crippen LogP contribution in [0.2, 0.25) is 0 Å². The van der Waals surface area contributed by atoms with Gasteiger partial charge in [0.15, 0.2) is 5.82 Å². The topological polar surface area (TPSA) is 73.8 Å². The van der Waals surface area contributed by atoms with E-state index in [0.717, 1.165) is 41.7 Å². The summed E-state index contributed by atoms with van der Waals surface area (Å²) in [6, 6.07) is 12.2. The lowest BCUT2D eigenvalue weighted by Gasteiger charge is -2.14. The van der Waals surface area contributed by atoms with Crippen LogP contribution in [0, 0.1) is 0 Å². The second-order valence-corrected chi connectivity index (χ2v) is 5.81. The Morgan fingerprint density at radius 1 is 1.09 bits per heavy atom. The molecular weight excluding hydrogens is 276 g/mol. The van der Waals surface area contributed by atoms with Crippen LogP contribution in [-0.4, -0.2) is 32.2 Å². The molecule has 22 heavy (non-hydrogen) atoms. The molecule has 0 saturated heterocycles. The van der Waals surface area contributed by atoms with E-state index in [2.05, 4.69) is 15.3 Å². The van der Waals surface area contributed by atoms with Crippen molar-refractivity contribution in [2.75, 3.05) is 5.32 Å². The summed E-state index contributed by atoms with van der Waals surface area (Å²) in [4.78, 5) is 12.5. The fraction of sp³-hybridized carbons (Fsp3) is 0.294. The minimum atomic E-state index is -0.199. The van der Waals surface area contributed by atoms with Gasteiger partial charge in [-0.05, 0) is 25.3 Å². The van der Waals surface area contributed by atoms with E-state index in [1.807, 2.05) is 42.6 Å². The number of rotatable bonds is 3. The molecule has 1 aliphatic rings. The number of benzene rings is 1. The average molecular weight is 294 g/mol. The Morgan fingerprint density at radius 3 is 2.73 bits per heavy atom. The van der Waals surface area contributed by atoms with E-state index >= 15 is 0 Å². The average Bonchev–Trinajstić information content (AvgIpc) is 3.17. The van der Waals surface area contributed by atoms with Crippen LogP contribution in [0.3, 0.4) is 0 Å². The Hall–Kier alpha value is -2.40. The van der Waals surface area contributed by atoms with Crippen LogP contribution >= 0.6 is 0 Å². The largest absolute Gasteiger partial charge is 0.393 e. The highest BCUT2D eigenvalue weighted by Gasteiger charge is 2.24. The van der Waals surface area contributed by atoms with Crippen LogP contribution in [0.5, 0.6) is 0 Å². The van der Waals surface area contributed by atoms with Crippen LogP contribution < -0.4 is 5.32 Å². The van der Waals surface area contributed by atoms with Crippen molar-refractivity contribution in [3.8, 4) is 11.4 Å². The van der Waals surface area contributed by atoms with Crippen molar-refractivity contribution < 1.29 is 5.11 Å². The highest BCUT2D eigenvalue weighted by Crippen LogP contribution is 2.28. The number of aromatic nitrogens is 3. The lowest BCUT2D eigenvalue weighted by Crippen LogP contribution is -2.18. The van der Waals surface area contributed by atoms with E-state index in [0.29, 0.717) is 5.82 Å². The first-order valence-corrected chi connectivity index (χ1v) is 7.65. The van der Waals surface area contributed by atoms with E-state index in [4.69, 9.17) is 4.98 Å². The fourth-order valence-corrected chi connectivity index (χ4v) is 3.05. The number of H-pyrrole nitrogens is 1. The van der Waals surface area contributed by atoms with Crippen molar-refractivity contribution >= 4 is 16.9 Å². The molecule has 0 amide bonds. The third kappa shape index (κ3) is 2.44. The summed E-state index contributed by atoms with van der Waals surface area (Å²) in [5, 5.41) is 14.2. The number of aromatic amines is 1. The van der Waals surface area contributed by atoms with E-state index in [1.165, 1.54) is 0 Å². The number of nitrogens with zero attached hydrogens (tertiary/aromatic N) is 2. The molecule has 2 aromatic heterocycles. The molecule has 2 atom stereocenters. The molecule has 1 aromatic carbocycles. The zero-order chi connectivity index (χ0) is 14.9. The molecule has 112 valence electrons. The van der Waals surface area contributed by atoms with Crippen LogP contribution in [-0.2, 0) is 0 Å². The maximum Gasteiger partial charge on any atom is 0.163 e. The Labute approximate surface area is 128 Å². The third-order valence-electron chi connectivity index (χ3n) is 4.19. The number of nitrogens with one attached hydrogen (secondary N) is 2. The number of aliphatic hydroxyl groups is 1. The second-order valence-electron chi connectivity index (χ2n) is 5.81. The van der Waals surface area contributed by atoms with Crippen molar-refractivity contribution in [3.05, 3.63) is 42.6 Å². The molecule has 5 nitrogen and oxygen atoms in total. The zero-order valence-electron chi connectivity index (χ0n) is 12.2. The minimum Gasteiger partial charge on any atom is -0.393 e. The van der Waals surface area contributed by atoms with Crippen molar-refractivity contribution in [2.45, 2.75) is 31.4 Å². The van der Waals surface area contributed by atoms with Gasteiger partial charge >= 0.3 is 0 Å². The van der Waals surface area contributed by atoms with Crippen LogP contribution in [0.15, 0.2) is 42.6 Å². The maximum atomic E-state index is 9.70. The first-order chi connectivity index (χ1) is 10.8. The highest BCUT2D eigenvalue weighted by molar-refractivity contribution is 5.88. The molecule has 5 heteroatoms. The number of anilines is 1. The summed E-state index contributed by atoms with van der Waals surface area (Å²) in [6.07, 6.45) is 4.27. The van der Waals surface area contributed by atoms with Gasteiger partial charge < -0.3 is 15.4 Å². The van der Waals surface area contributed by atoms with Gasteiger partial charge in [0.2, 0.25) is 0 Å². The molecule has 1 fully saturated rings. The Morgan fingerprint density at radius 2 is 1.95 bits per heavy atom. The van der Waals surface area contributed by atoms with E-state index in [-0.39, 0.29) is 12.1 Å². The molecule has 0 bridgehead atoms. The van der Waals surface area contributed by atoms with Gasteiger partial charge in [-0.1, -0.05) is 30.3 Å². The van der Waals surface area contributed by atoms with Gasteiger partial charge in [-0.2, -0.15) is 0 Å². The van der Waals surface area contributed by atoms with Crippen molar-refractivity contribution in [2.24, 2.45) is 0 Å². The molecule has 0 spiro atoms. The van der Waals surface area contributed by atoms with Crippen LogP contribution in [0.4, 0.5) is 5.82 Å². The lowest BCUT2D eigenvalue weighted by molar-refractivity contribution is 0.182. The lowest BCUT2D eigenvalue weighted by atomic mass is 10.2. The summed E-state index contributed by atoms with van der Waals surface area (Å²) < 4.78 is 0. The quantitative estimate of drug-likeness (QED) is 0.694. The molecule has 3 N–H and O–H groups in total. The summed E-state index contributed by atoms with van der Waals surface area (Å²) in [7, 11) is 0. The standard InChI is InChI=1S/C17H18N4O/c22-13-7-6-12(10-13)19-17-14-8-9-18-16(14)20-15(21-17)11-4-2-1-3-5-11/h1-5,8-9,12-13,22H,6-7,10H2,(H2,18,19,20,21)/t12-,13?/m0/s1. The van der Waals surface area contributed by atoms with Crippen molar-refractivity contribution in [1.82, 2.24) is 15.0 Å². The van der Waals surface area contributed by atoms with Crippen LogP contribution in [0.25, 0.3) is 22.4 Å². The van der Waals surface area contributed by atoms with Gasteiger partial charge in [0.05, 0.1) is 11.5 Å². The van der Waals surface area contributed by atoms with Gasteiger partial charge in [-0.3, -0.25) is 0 Å². The summed E-state index contributed by atoms with van der Waals surface area (Å²) in [5.74, 6) is 1.54.